The SMILES string of the molecule is CCCNC(C#N)(CN1CCC(C(C)(C)C)CC1)C1CC1. The molecule has 1 atom stereocenters. The number of likely N-dealkylation sites (tertiary alicyclic amines) is 1. The lowest BCUT2D eigenvalue weighted by atomic mass is 9.75. The van der Waals surface area contributed by atoms with Crippen LogP contribution in [0.4, 0.5) is 0 Å². The molecule has 1 saturated carbocycles. The van der Waals surface area contributed by atoms with E-state index in [1.807, 2.05) is 0 Å². The lowest BCUT2D eigenvalue weighted by Crippen LogP contribution is -2.56. The molecule has 21 heavy (non-hydrogen) atoms. The van der Waals surface area contributed by atoms with E-state index < -0.39 is 0 Å². The van der Waals surface area contributed by atoms with Gasteiger partial charge in [0.05, 0.1) is 6.07 Å². The van der Waals surface area contributed by atoms with Crippen molar-refractivity contribution < 1.29 is 0 Å². The molecule has 2 rings (SSSR count). The summed E-state index contributed by atoms with van der Waals surface area (Å²) in [5.74, 6) is 1.41. The molecule has 120 valence electrons. The Labute approximate surface area is 131 Å². The lowest BCUT2D eigenvalue weighted by molar-refractivity contribution is 0.0930. The fourth-order valence-corrected chi connectivity index (χ4v) is 3.73. The highest BCUT2D eigenvalue weighted by atomic mass is 15.2. The van der Waals surface area contributed by atoms with E-state index in [2.05, 4.69) is 44.0 Å². The van der Waals surface area contributed by atoms with Gasteiger partial charge in [-0.25, -0.2) is 0 Å². The highest BCUT2D eigenvalue weighted by Gasteiger charge is 2.46. The summed E-state index contributed by atoms with van der Waals surface area (Å²) < 4.78 is 0. The van der Waals surface area contributed by atoms with Crippen LogP contribution >= 0.6 is 0 Å². The Morgan fingerprint density at radius 1 is 1.10 bits per heavy atom. The van der Waals surface area contributed by atoms with Gasteiger partial charge in [-0.15, -0.1) is 0 Å². The van der Waals surface area contributed by atoms with Gasteiger partial charge in [0.2, 0.25) is 0 Å². The largest absolute Gasteiger partial charge is 0.300 e. The number of hydrogen-bond donors (Lipinski definition) is 1. The summed E-state index contributed by atoms with van der Waals surface area (Å²) in [4.78, 5) is 2.53. The van der Waals surface area contributed by atoms with Crippen molar-refractivity contribution in [1.82, 2.24) is 10.2 Å². The Morgan fingerprint density at radius 2 is 1.71 bits per heavy atom. The third kappa shape index (κ3) is 4.20. The van der Waals surface area contributed by atoms with Crippen molar-refractivity contribution in [2.45, 2.75) is 65.3 Å². The van der Waals surface area contributed by atoms with Crippen molar-refractivity contribution in [2.75, 3.05) is 26.2 Å². The Balaban J connectivity index is 1.92. The molecule has 1 aliphatic carbocycles. The highest BCUT2D eigenvalue weighted by Crippen LogP contribution is 2.41. The van der Waals surface area contributed by atoms with Crippen molar-refractivity contribution >= 4 is 0 Å². The molecular formula is C18H33N3. The van der Waals surface area contributed by atoms with Gasteiger partial charge in [-0.1, -0.05) is 27.7 Å². The minimum absolute atomic E-state index is 0.287. The minimum Gasteiger partial charge on any atom is -0.300 e. The van der Waals surface area contributed by atoms with E-state index in [4.69, 9.17) is 0 Å². The lowest BCUT2D eigenvalue weighted by Gasteiger charge is -2.41. The monoisotopic (exact) mass is 291 g/mol. The van der Waals surface area contributed by atoms with Crippen molar-refractivity contribution in [3.05, 3.63) is 0 Å². The predicted octanol–water partition coefficient (Wildman–Crippen LogP) is 3.42. The molecular weight excluding hydrogens is 258 g/mol. The second-order valence-corrected chi connectivity index (χ2v) is 8.20. The third-order valence-corrected chi connectivity index (χ3v) is 5.45. The van der Waals surface area contributed by atoms with Crippen molar-refractivity contribution in [3.63, 3.8) is 0 Å². The maximum Gasteiger partial charge on any atom is 0.122 e. The van der Waals surface area contributed by atoms with Gasteiger partial charge >= 0.3 is 0 Å². The first kappa shape index (κ1) is 16.8. The molecule has 3 nitrogen and oxygen atoms in total. The summed E-state index contributed by atoms with van der Waals surface area (Å²) in [5.41, 5.74) is 0.139. The molecule has 1 saturated heterocycles. The summed E-state index contributed by atoms with van der Waals surface area (Å²) in [5, 5.41) is 13.4. The van der Waals surface area contributed by atoms with E-state index in [1.54, 1.807) is 0 Å². The zero-order valence-electron chi connectivity index (χ0n) is 14.4. The highest BCUT2D eigenvalue weighted by molar-refractivity contribution is 5.16. The number of hydrogen-bond acceptors (Lipinski definition) is 3. The average molecular weight is 291 g/mol. The van der Waals surface area contributed by atoms with Gasteiger partial charge in [-0.2, -0.15) is 5.26 Å². The van der Waals surface area contributed by atoms with E-state index in [0.29, 0.717) is 11.3 Å². The molecule has 1 N–H and O–H groups in total. The van der Waals surface area contributed by atoms with Gasteiger partial charge in [-0.05, 0) is 69.0 Å². The molecule has 0 aromatic heterocycles. The maximum atomic E-state index is 9.79. The molecule has 0 amide bonds. The first-order valence-electron chi connectivity index (χ1n) is 8.80. The third-order valence-electron chi connectivity index (χ3n) is 5.45. The second-order valence-electron chi connectivity index (χ2n) is 8.20. The van der Waals surface area contributed by atoms with Gasteiger partial charge in [0, 0.05) is 6.54 Å². The summed E-state index contributed by atoms with van der Waals surface area (Å²) in [6, 6.07) is 2.65. The Kier molecular flexibility index (Phi) is 5.33. The first-order valence-corrected chi connectivity index (χ1v) is 8.80. The summed E-state index contributed by atoms with van der Waals surface area (Å²) in [6.45, 7) is 13.5. The molecule has 3 heteroatoms. The van der Waals surface area contributed by atoms with E-state index >= 15 is 0 Å². The van der Waals surface area contributed by atoms with Crippen LogP contribution in [-0.2, 0) is 0 Å². The van der Waals surface area contributed by atoms with Crippen LogP contribution in [-0.4, -0.2) is 36.6 Å². The summed E-state index contributed by atoms with van der Waals surface area (Å²) >= 11 is 0. The standard InChI is InChI=1S/C18H33N3/c1-5-10-20-18(13-19,16-6-7-16)14-21-11-8-15(9-12-21)17(2,3)4/h15-16,20H,5-12,14H2,1-4H3. The van der Waals surface area contributed by atoms with Gasteiger partial charge < -0.3 is 4.90 Å². The number of piperidine rings is 1. The molecule has 0 aromatic carbocycles. The summed E-state index contributed by atoms with van der Waals surface area (Å²) in [7, 11) is 0. The maximum absolute atomic E-state index is 9.79. The van der Waals surface area contributed by atoms with Crippen LogP contribution in [0.15, 0.2) is 0 Å². The van der Waals surface area contributed by atoms with Crippen LogP contribution in [0.1, 0.15) is 59.8 Å². The molecule has 0 aromatic rings. The van der Waals surface area contributed by atoms with E-state index in [1.165, 1.54) is 25.7 Å². The first-order chi connectivity index (χ1) is 9.91. The van der Waals surface area contributed by atoms with Gasteiger partial charge in [0.25, 0.3) is 0 Å². The zero-order chi connectivity index (χ0) is 15.5. The Morgan fingerprint density at radius 3 is 2.14 bits per heavy atom. The van der Waals surface area contributed by atoms with Crippen LogP contribution in [0.3, 0.4) is 0 Å². The van der Waals surface area contributed by atoms with Crippen LogP contribution in [0.5, 0.6) is 0 Å². The number of nitrogens with zero attached hydrogens (tertiary/aromatic N) is 2. The number of nitrogens with one attached hydrogen (secondary N) is 1. The molecule has 1 aliphatic heterocycles. The van der Waals surface area contributed by atoms with Crippen molar-refractivity contribution in [2.24, 2.45) is 17.3 Å². The van der Waals surface area contributed by atoms with E-state index in [0.717, 1.165) is 38.5 Å². The molecule has 1 heterocycles. The minimum atomic E-state index is -0.287. The fourth-order valence-electron chi connectivity index (χ4n) is 3.73. The van der Waals surface area contributed by atoms with E-state index in [9.17, 15) is 5.26 Å². The Hall–Kier alpha value is -0.590. The van der Waals surface area contributed by atoms with Crippen LogP contribution < -0.4 is 5.32 Å². The van der Waals surface area contributed by atoms with Crippen LogP contribution in [0.2, 0.25) is 0 Å². The van der Waals surface area contributed by atoms with Gasteiger partial charge in [0.15, 0.2) is 0 Å². The van der Waals surface area contributed by atoms with E-state index in [-0.39, 0.29) is 5.54 Å². The number of nitriles is 1. The van der Waals surface area contributed by atoms with Crippen molar-refractivity contribution in [1.29, 1.82) is 5.26 Å². The zero-order valence-corrected chi connectivity index (χ0v) is 14.4. The van der Waals surface area contributed by atoms with Gasteiger partial charge in [-0.3, -0.25) is 5.32 Å². The molecule has 2 aliphatic rings. The quantitative estimate of drug-likeness (QED) is 0.815. The smallest absolute Gasteiger partial charge is 0.122 e. The fraction of sp³-hybridized carbons (Fsp3) is 0.944. The second kappa shape index (κ2) is 6.67. The molecule has 2 fully saturated rings. The molecule has 0 spiro atoms. The average Bonchev–Trinajstić information content (AvgIpc) is 3.28. The van der Waals surface area contributed by atoms with Gasteiger partial charge in [0.1, 0.15) is 5.54 Å². The van der Waals surface area contributed by atoms with Crippen LogP contribution in [0.25, 0.3) is 0 Å². The molecule has 0 radical (unpaired) electrons. The predicted molar refractivity (Wildman–Crippen MR) is 88.0 cm³/mol. The normalized spacial score (nSPS) is 24.5. The van der Waals surface area contributed by atoms with Crippen molar-refractivity contribution in [3.8, 4) is 6.07 Å². The summed E-state index contributed by atoms with van der Waals surface area (Å²) in [6.07, 6.45) is 6.11. The molecule has 0 bridgehead atoms. The Bertz CT molecular complexity index is 367. The van der Waals surface area contributed by atoms with Crippen LogP contribution in [0, 0.1) is 28.6 Å². The topological polar surface area (TPSA) is 39.1 Å². The molecule has 1 unspecified atom stereocenters. The number of rotatable bonds is 6.